The molecule has 0 bridgehead atoms. The van der Waals surface area contributed by atoms with Gasteiger partial charge in [-0.25, -0.2) is 9.59 Å². The summed E-state index contributed by atoms with van der Waals surface area (Å²) in [5.74, 6) is 0. The van der Waals surface area contributed by atoms with Crippen LogP contribution < -0.4 is 21.3 Å². The predicted octanol–water partition coefficient (Wildman–Crippen LogP) is 2.66. The Morgan fingerprint density at radius 2 is 2.06 bits per heavy atom. The fourth-order valence-electron chi connectivity index (χ4n) is 3.61. The highest BCUT2D eigenvalue weighted by atomic mass is 16.6. The standard InChI is InChI=1S/C22H30N4O7/c1-3-11-30-12-5-6-14-13-17(27)32-20-18(14)19(28)24-21(25-20)33-26-16-9-7-15(8-10-16)23-22(29)31-4-2/h13,15H,3-12H2,1-2H3,(H,23,29)(H,24,25,28). The van der Waals surface area contributed by atoms with E-state index in [9.17, 15) is 14.4 Å². The van der Waals surface area contributed by atoms with Crippen LogP contribution in [0.4, 0.5) is 4.79 Å². The Balaban J connectivity index is 1.64. The van der Waals surface area contributed by atoms with E-state index < -0.39 is 17.3 Å². The normalized spacial score (nSPS) is 15.9. The second-order valence-electron chi connectivity index (χ2n) is 7.75. The molecule has 1 fully saturated rings. The molecule has 0 saturated heterocycles. The number of aromatic amines is 1. The van der Waals surface area contributed by atoms with E-state index in [1.807, 2.05) is 6.92 Å². The first-order valence-corrected chi connectivity index (χ1v) is 11.3. The molecule has 180 valence electrons. The summed E-state index contributed by atoms with van der Waals surface area (Å²) in [4.78, 5) is 48.1. The van der Waals surface area contributed by atoms with Crippen molar-refractivity contribution in [2.75, 3.05) is 19.8 Å². The highest BCUT2D eigenvalue weighted by Gasteiger charge is 2.20. The number of rotatable bonds is 10. The minimum absolute atomic E-state index is 0.0154. The molecule has 0 unspecified atom stereocenters. The van der Waals surface area contributed by atoms with Gasteiger partial charge in [0.25, 0.3) is 5.56 Å². The number of aryl methyl sites for hydroxylation is 1. The lowest BCUT2D eigenvalue weighted by Gasteiger charge is -2.23. The summed E-state index contributed by atoms with van der Waals surface area (Å²) < 4.78 is 15.5. The maximum Gasteiger partial charge on any atom is 0.407 e. The number of carbonyl (C=O) groups excluding carboxylic acids is 1. The van der Waals surface area contributed by atoms with Crippen molar-refractivity contribution in [3.05, 3.63) is 32.4 Å². The van der Waals surface area contributed by atoms with E-state index >= 15 is 0 Å². The maximum absolute atomic E-state index is 12.6. The smallest absolute Gasteiger partial charge is 0.407 e. The van der Waals surface area contributed by atoms with Crippen LogP contribution in [0.2, 0.25) is 0 Å². The molecule has 2 heterocycles. The first kappa shape index (κ1) is 24.4. The number of alkyl carbamates (subject to hydrolysis) is 1. The van der Waals surface area contributed by atoms with Crippen molar-refractivity contribution < 1.29 is 23.5 Å². The van der Waals surface area contributed by atoms with E-state index in [0.29, 0.717) is 63.9 Å². The van der Waals surface area contributed by atoms with Gasteiger partial charge in [-0.2, -0.15) is 4.98 Å². The number of fused-ring (bicyclic) bond motifs is 1. The van der Waals surface area contributed by atoms with Crippen molar-refractivity contribution in [1.29, 1.82) is 0 Å². The third-order valence-electron chi connectivity index (χ3n) is 5.18. The van der Waals surface area contributed by atoms with E-state index in [0.717, 1.165) is 12.1 Å². The molecular weight excluding hydrogens is 432 g/mol. The molecule has 1 saturated carbocycles. The quantitative estimate of drug-likeness (QED) is 0.405. The lowest BCUT2D eigenvalue weighted by atomic mass is 9.94. The average Bonchev–Trinajstić information content (AvgIpc) is 2.78. The number of hydrogen-bond acceptors (Lipinski definition) is 9. The third kappa shape index (κ3) is 7.14. The highest BCUT2D eigenvalue weighted by Crippen LogP contribution is 2.18. The fraction of sp³-hybridized carbons (Fsp3) is 0.591. The predicted molar refractivity (Wildman–Crippen MR) is 121 cm³/mol. The highest BCUT2D eigenvalue weighted by molar-refractivity contribution is 5.85. The van der Waals surface area contributed by atoms with Gasteiger partial charge in [-0.15, -0.1) is 0 Å². The molecule has 11 heteroatoms. The Bertz CT molecular complexity index is 1080. The number of nitrogens with one attached hydrogen (secondary N) is 2. The number of ether oxygens (including phenoxy) is 2. The van der Waals surface area contributed by atoms with Crippen molar-refractivity contribution >= 4 is 22.9 Å². The van der Waals surface area contributed by atoms with Crippen LogP contribution in [0.25, 0.3) is 11.1 Å². The van der Waals surface area contributed by atoms with Gasteiger partial charge >= 0.3 is 17.7 Å². The van der Waals surface area contributed by atoms with Gasteiger partial charge in [0.2, 0.25) is 5.71 Å². The lowest BCUT2D eigenvalue weighted by Crippen LogP contribution is -2.38. The molecule has 11 nitrogen and oxygen atoms in total. The second-order valence-corrected chi connectivity index (χ2v) is 7.75. The van der Waals surface area contributed by atoms with Crippen molar-refractivity contribution in [1.82, 2.24) is 15.3 Å². The number of H-pyrrole nitrogens is 1. The number of aromatic nitrogens is 2. The summed E-state index contributed by atoms with van der Waals surface area (Å²) in [6, 6.07) is 1.17. The Morgan fingerprint density at radius 1 is 1.27 bits per heavy atom. The minimum Gasteiger partial charge on any atom is -0.450 e. The molecule has 2 N–H and O–H groups in total. The Kier molecular flexibility index (Phi) is 8.99. The maximum atomic E-state index is 12.6. The molecule has 1 aliphatic rings. The van der Waals surface area contributed by atoms with Gasteiger partial charge in [-0.1, -0.05) is 12.1 Å². The van der Waals surface area contributed by atoms with Crippen LogP contribution in [0.1, 0.15) is 57.9 Å². The van der Waals surface area contributed by atoms with Crippen LogP contribution in [0.5, 0.6) is 6.01 Å². The summed E-state index contributed by atoms with van der Waals surface area (Å²) in [6.45, 7) is 5.32. The molecule has 1 aliphatic carbocycles. The molecule has 0 atom stereocenters. The second kappa shape index (κ2) is 12.1. The van der Waals surface area contributed by atoms with Crippen LogP contribution in [0, 0.1) is 0 Å². The van der Waals surface area contributed by atoms with Crippen LogP contribution in [-0.4, -0.2) is 47.6 Å². The largest absolute Gasteiger partial charge is 0.450 e. The molecule has 0 radical (unpaired) electrons. The topological polar surface area (TPSA) is 145 Å². The molecule has 2 aromatic rings. The van der Waals surface area contributed by atoms with E-state index in [1.165, 1.54) is 6.07 Å². The van der Waals surface area contributed by atoms with Crippen molar-refractivity contribution in [2.24, 2.45) is 5.16 Å². The van der Waals surface area contributed by atoms with E-state index in [4.69, 9.17) is 18.7 Å². The Morgan fingerprint density at radius 3 is 2.79 bits per heavy atom. The average molecular weight is 463 g/mol. The zero-order chi connectivity index (χ0) is 23.6. The molecule has 33 heavy (non-hydrogen) atoms. The van der Waals surface area contributed by atoms with Gasteiger partial charge in [0.15, 0.2) is 0 Å². The van der Waals surface area contributed by atoms with Gasteiger partial charge in [0.05, 0.1) is 12.3 Å². The van der Waals surface area contributed by atoms with E-state index in [1.54, 1.807) is 6.92 Å². The number of carbonyl (C=O) groups is 1. The van der Waals surface area contributed by atoms with Crippen molar-refractivity contribution in [3.63, 3.8) is 0 Å². The summed E-state index contributed by atoms with van der Waals surface area (Å²) in [7, 11) is 0. The van der Waals surface area contributed by atoms with Crippen LogP contribution >= 0.6 is 0 Å². The zero-order valence-corrected chi connectivity index (χ0v) is 19.0. The van der Waals surface area contributed by atoms with Gasteiger partial charge in [-0.3, -0.25) is 9.78 Å². The molecule has 0 spiro atoms. The van der Waals surface area contributed by atoms with Gasteiger partial charge in [0.1, 0.15) is 5.39 Å². The minimum atomic E-state index is -0.588. The molecule has 0 aromatic carbocycles. The van der Waals surface area contributed by atoms with Gasteiger partial charge < -0.3 is 24.0 Å². The summed E-state index contributed by atoms with van der Waals surface area (Å²) in [5, 5.41) is 7.11. The van der Waals surface area contributed by atoms with Crippen LogP contribution in [0.3, 0.4) is 0 Å². The fourth-order valence-corrected chi connectivity index (χ4v) is 3.61. The lowest BCUT2D eigenvalue weighted by molar-refractivity contribution is 0.132. The number of nitrogens with zero attached hydrogens (tertiary/aromatic N) is 2. The monoisotopic (exact) mass is 462 g/mol. The third-order valence-corrected chi connectivity index (χ3v) is 5.18. The first-order chi connectivity index (χ1) is 16.0. The molecular formula is C22H30N4O7. The summed E-state index contributed by atoms with van der Waals surface area (Å²) in [6.07, 6.45) is 4.29. The van der Waals surface area contributed by atoms with Crippen molar-refractivity contribution in [3.8, 4) is 6.01 Å². The van der Waals surface area contributed by atoms with Gasteiger partial charge in [0, 0.05) is 25.3 Å². The Labute approximate surface area is 190 Å². The number of amides is 1. The van der Waals surface area contributed by atoms with Crippen molar-refractivity contribution in [2.45, 2.75) is 64.8 Å². The Hall–Kier alpha value is -3.21. The summed E-state index contributed by atoms with van der Waals surface area (Å²) >= 11 is 0. The number of oxime groups is 1. The van der Waals surface area contributed by atoms with Crippen LogP contribution in [-0.2, 0) is 15.9 Å². The van der Waals surface area contributed by atoms with Crippen LogP contribution in [0.15, 0.2) is 25.2 Å². The zero-order valence-electron chi connectivity index (χ0n) is 19.0. The molecule has 1 amide bonds. The van der Waals surface area contributed by atoms with E-state index in [-0.39, 0.29) is 23.2 Å². The van der Waals surface area contributed by atoms with Gasteiger partial charge in [-0.05, 0) is 57.4 Å². The SMILES string of the molecule is CCCOCCCc1cc(=O)oc2nc(ON=C3CCC(NC(=O)OCC)CC3)[nH]c(=O)c12. The molecule has 2 aromatic heterocycles. The molecule has 0 aliphatic heterocycles. The number of hydrogen-bond donors (Lipinski definition) is 2. The molecule has 3 rings (SSSR count). The van der Waals surface area contributed by atoms with E-state index in [2.05, 4.69) is 20.4 Å². The summed E-state index contributed by atoms with van der Waals surface area (Å²) in [5.41, 5.74) is 0.191. The first-order valence-electron chi connectivity index (χ1n) is 11.3.